The van der Waals surface area contributed by atoms with Crippen LogP contribution in [0.5, 0.6) is 0 Å². The molecule has 0 radical (unpaired) electrons. The molecule has 0 bridgehead atoms. The van der Waals surface area contributed by atoms with Gasteiger partial charge < -0.3 is 18.1 Å². The molecule has 0 unspecified atom stereocenters. The molecule has 0 spiro atoms. The number of nitrogens with zero attached hydrogens (tertiary/aromatic N) is 4. The first-order valence-corrected chi connectivity index (χ1v) is 27.3. The Morgan fingerprint density at radius 1 is 0.385 bits per heavy atom. The van der Waals surface area contributed by atoms with Crippen LogP contribution >= 0.6 is 15.9 Å². The number of rotatable bonds is 4. The molecule has 78 heavy (non-hydrogen) atoms. The van der Waals surface area contributed by atoms with E-state index >= 15 is 0 Å². The Kier molecular flexibility index (Phi) is 11.8. The van der Waals surface area contributed by atoms with E-state index in [-0.39, 0.29) is 29.2 Å². The maximum Gasteiger partial charge on any atom is 0.494 e. The van der Waals surface area contributed by atoms with E-state index in [0.29, 0.717) is 11.8 Å². The molecule has 1 fully saturated rings. The van der Waals surface area contributed by atoms with Crippen LogP contribution < -0.4 is 5.46 Å². The second-order valence-electron chi connectivity index (χ2n) is 22.6. The Hall–Kier alpha value is -8.02. The van der Waals surface area contributed by atoms with Crippen molar-refractivity contribution in [1.82, 2.24) is 19.9 Å². The van der Waals surface area contributed by atoms with Crippen molar-refractivity contribution < 1.29 is 18.1 Å². The highest BCUT2D eigenvalue weighted by Crippen LogP contribution is 2.51. The quantitative estimate of drug-likeness (QED) is 0.161. The summed E-state index contributed by atoms with van der Waals surface area (Å²) in [6, 6.07) is 63.1. The van der Waals surface area contributed by atoms with Gasteiger partial charge in [-0.05, 0) is 174 Å². The lowest BCUT2D eigenvalue weighted by molar-refractivity contribution is 0.00578. The third-order valence-corrected chi connectivity index (χ3v) is 17.0. The smallest absolute Gasteiger partial charge is 0.436 e. The molecule has 0 saturated carbocycles. The maximum atomic E-state index is 6.23. The summed E-state index contributed by atoms with van der Waals surface area (Å²) in [5, 5.41) is 2.15. The highest BCUT2D eigenvalue weighted by molar-refractivity contribution is 9.10. The van der Waals surface area contributed by atoms with Gasteiger partial charge in [0, 0.05) is 49.6 Å². The Labute approximate surface area is 462 Å². The van der Waals surface area contributed by atoms with Crippen molar-refractivity contribution in [3.05, 3.63) is 221 Å². The van der Waals surface area contributed by atoms with Crippen molar-refractivity contribution in [3.8, 4) is 56.3 Å². The lowest BCUT2D eigenvalue weighted by Crippen LogP contribution is -2.41. The standard InChI is InChI=1S/C31H22N2O.C21H25BO2.C16H9BrN2O/c1-31(2)25-8-4-3-7-23(25)24-12-9-19(17-26(24)31)20-11-14-29-28(18-20)33-30(34-29)22-10-13-27-21(16-22)6-5-15-32-27;1-19(2)17-10-8-7-9-15(17)16-12-11-14(13-18(16)19)22-23-20(3,4)21(5,6)24-22;17-12-4-6-15-14(9-12)19-16(20-15)11-3-5-13-10(8-11)2-1-7-18-13/h3-18H,1-2H3;7-13H,1-6H3;1-9H. The average molecular weight is 1080 g/mol. The van der Waals surface area contributed by atoms with E-state index in [4.69, 9.17) is 23.1 Å². The molecule has 10 heteroatoms. The van der Waals surface area contributed by atoms with Gasteiger partial charge in [-0.25, -0.2) is 9.97 Å². The minimum absolute atomic E-state index is 0.00553. The van der Waals surface area contributed by atoms with Crippen molar-refractivity contribution in [2.24, 2.45) is 0 Å². The molecule has 2 aliphatic carbocycles. The van der Waals surface area contributed by atoms with Crippen molar-refractivity contribution in [1.29, 1.82) is 0 Å². The second kappa shape index (κ2) is 18.6. The molecule has 8 aromatic carbocycles. The third-order valence-electron chi connectivity index (χ3n) is 16.5. The first kappa shape index (κ1) is 49.6. The number of benzene rings is 8. The zero-order chi connectivity index (χ0) is 53.7. The van der Waals surface area contributed by atoms with Crippen LogP contribution in [0.25, 0.3) is 100 Å². The number of hydrogen-bond donors (Lipinski definition) is 0. The molecule has 0 amide bonds. The average Bonchev–Trinajstić information content (AvgIpc) is 4.42. The highest BCUT2D eigenvalue weighted by Gasteiger charge is 2.52. The molecule has 4 aromatic heterocycles. The Morgan fingerprint density at radius 2 is 0.846 bits per heavy atom. The fourth-order valence-electron chi connectivity index (χ4n) is 11.4. The van der Waals surface area contributed by atoms with Gasteiger partial charge in [-0.15, -0.1) is 0 Å². The normalized spacial score (nSPS) is 15.8. The molecular weight excluding hydrogens is 1030 g/mol. The number of pyridine rings is 2. The van der Waals surface area contributed by atoms with Crippen molar-refractivity contribution in [3.63, 3.8) is 0 Å². The molecule has 1 aliphatic heterocycles. The summed E-state index contributed by atoms with van der Waals surface area (Å²) in [5.74, 6) is 1.26. The zero-order valence-electron chi connectivity index (χ0n) is 44.9. The van der Waals surface area contributed by atoms with Gasteiger partial charge in [-0.2, -0.15) is 0 Å². The summed E-state index contributed by atoms with van der Waals surface area (Å²) < 4.78 is 25.4. The number of fused-ring (bicyclic) bond motifs is 10. The topological polar surface area (TPSA) is 96.3 Å². The summed E-state index contributed by atoms with van der Waals surface area (Å²) in [7, 11) is -0.306. The number of aromatic nitrogens is 4. The molecule has 0 atom stereocenters. The van der Waals surface area contributed by atoms with Gasteiger partial charge in [0.25, 0.3) is 0 Å². The van der Waals surface area contributed by atoms with Gasteiger partial charge in [0.2, 0.25) is 11.8 Å². The molecule has 382 valence electrons. The highest BCUT2D eigenvalue weighted by atomic mass is 79.9. The van der Waals surface area contributed by atoms with Crippen LogP contribution in [0.4, 0.5) is 0 Å². The van der Waals surface area contributed by atoms with E-state index in [0.717, 1.165) is 70.6 Å². The molecular formula is C68H56BBrN4O4. The van der Waals surface area contributed by atoms with Gasteiger partial charge in [-0.1, -0.05) is 141 Å². The van der Waals surface area contributed by atoms with E-state index in [1.807, 2.05) is 79.0 Å². The molecule has 8 nitrogen and oxygen atoms in total. The van der Waals surface area contributed by atoms with E-state index in [2.05, 4.69) is 195 Å². The minimum Gasteiger partial charge on any atom is -0.436 e. The largest absolute Gasteiger partial charge is 0.494 e. The van der Waals surface area contributed by atoms with Crippen LogP contribution in [0.1, 0.15) is 77.6 Å². The number of hydrogen-bond acceptors (Lipinski definition) is 8. The molecule has 5 heterocycles. The van der Waals surface area contributed by atoms with Crippen molar-refractivity contribution in [2.75, 3.05) is 0 Å². The summed E-state index contributed by atoms with van der Waals surface area (Å²) in [6.07, 6.45) is 3.60. The molecule has 1 saturated heterocycles. The van der Waals surface area contributed by atoms with Gasteiger partial charge >= 0.3 is 7.12 Å². The summed E-state index contributed by atoms with van der Waals surface area (Å²) >= 11 is 3.44. The van der Waals surface area contributed by atoms with Gasteiger partial charge in [0.15, 0.2) is 11.2 Å². The Balaban J connectivity index is 0.000000116. The number of oxazole rings is 2. The zero-order valence-corrected chi connectivity index (χ0v) is 46.4. The van der Waals surface area contributed by atoms with Gasteiger partial charge in [0.1, 0.15) is 11.0 Å². The first-order chi connectivity index (χ1) is 37.5. The van der Waals surface area contributed by atoms with Gasteiger partial charge in [-0.3, -0.25) is 9.97 Å². The fraction of sp³-hybridized carbons (Fsp3) is 0.176. The monoisotopic (exact) mass is 1080 g/mol. The third kappa shape index (κ3) is 8.54. The second-order valence-corrected chi connectivity index (χ2v) is 23.6. The van der Waals surface area contributed by atoms with E-state index < -0.39 is 0 Å². The summed E-state index contributed by atoms with van der Waals surface area (Å²) in [4.78, 5) is 18.1. The lowest BCUT2D eigenvalue weighted by atomic mass is 9.74. The molecule has 12 aromatic rings. The SMILES string of the molecule is Brc1ccc2oc(-c3ccc4ncccc4c3)nc2c1.CC1(C)c2ccccc2-c2ccc(-c3ccc4oc(-c5ccc6ncccc6c5)nc4c3)cc21.CC1(C)c2ccccc2-c2ccc(B3OC(C)(C)C(C)(C)O3)cc21. The van der Waals surface area contributed by atoms with Crippen LogP contribution in [0.15, 0.2) is 208 Å². The Bertz CT molecular complexity index is 4330. The Morgan fingerprint density at radius 3 is 1.42 bits per heavy atom. The van der Waals surface area contributed by atoms with Crippen LogP contribution in [0.2, 0.25) is 0 Å². The number of halogens is 1. The van der Waals surface area contributed by atoms with E-state index in [9.17, 15) is 0 Å². The predicted octanol–water partition coefficient (Wildman–Crippen LogP) is 17.1. The molecule has 15 rings (SSSR count). The predicted molar refractivity (Wildman–Crippen MR) is 320 cm³/mol. The van der Waals surface area contributed by atoms with E-state index in [1.165, 1.54) is 50.1 Å². The summed E-state index contributed by atoms with van der Waals surface area (Å²) in [6.45, 7) is 17.6. The maximum absolute atomic E-state index is 6.23. The van der Waals surface area contributed by atoms with Crippen LogP contribution in [0.3, 0.4) is 0 Å². The molecule has 0 N–H and O–H groups in total. The lowest BCUT2D eigenvalue weighted by Gasteiger charge is -2.32. The van der Waals surface area contributed by atoms with Crippen LogP contribution in [-0.2, 0) is 20.1 Å². The van der Waals surface area contributed by atoms with Crippen LogP contribution in [-0.4, -0.2) is 38.3 Å². The van der Waals surface area contributed by atoms with Crippen molar-refractivity contribution >= 4 is 72.5 Å². The van der Waals surface area contributed by atoms with E-state index in [1.54, 1.807) is 6.20 Å². The minimum atomic E-state index is -0.310. The fourth-order valence-corrected chi connectivity index (χ4v) is 11.8. The first-order valence-electron chi connectivity index (χ1n) is 26.5. The molecule has 3 aliphatic rings. The van der Waals surface area contributed by atoms with Crippen molar-refractivity contribution in [2.45, 2.75) is 77.4 Å². The summed E-state index contributed by atoms with van der Waals surface area (Å²) in [5.41, 5.74) is 20.8. The van der Waals surface area contributed by atoms with Gasteiger partial charge in [0.05, 0.1) is 22.2 Å². The van der Waals surface area contributed by atoms with Crippen LogP contribution in [0, 0.1) is 0 Å².